The minimum atomic E-state index is -4.43. The molecular weight excluding hydrogens is 615 g/mol. The molecule has 5 nitrogen and oxygen atoms in total. The molecule has 1 heterocycles. The smallest absolute Gasteiger partial charge is 0.414 e. The van der Waals surface area contributed by atoms with E-state index < -0.39 is 18.2 Å². The van der Waals surface area contributed by atoms with Crippen LogP contribution in [0.1, 0.15) is 122 Å². The molecule has 3 aromatic rings. The standard InChI is InChI=1S/C40H54F3NO4/c1-3-4-5-6-7-8-9-10-11-12-16-27-48-35-23-25-38(44-30-35)37-29-34(22-24-36(37)33-18-14-13-15-19-33)32(20-17-21-39(45)46)26-28-47-31(2)40(41,42)43/h13-15,18-19,22-25,29-32H,3-12,16-17,20-21,26-28H2,1-2H3,(H,45,46). The molecule has 48 heavy (non-hydrogen) atoms. The Bertz CT molecular complexity index is 1310. The molecule has 3 rings (SSSR count). The monoisotopic (exact) mass is 669 g/mol. The number of pyridine rings is 1. The minimum absolute atomic E-state index is 0.00647. The lowest BCUT2D eigenvalue weighted by Crippen LogP contribution is -2.29. The second kappa shape index (κ2) is 21.6. The van der Waals surface area contributed by atoms with E-state index in [2.05, 4.69) is 6.92 Å². The molecule has 0 aliphatic carbocycles. The summed E-state index contributed by atoms with van der Waals surface area (Å²) in [5, 5.41) is 9.19. The SMILES string of the molecule is CCCCCCCCCCCCCOc1ccc(-c2cc(C(CCCC(=O)O)CCOC(C)C(F)(F)F)ccc2-c2ccccc2)nc1. The van der Waals surface area contributed by atoms with Crippen molar-refractivity contribution in [2.24, 2.45) is 0 Å². The Kier molecular flexibility index (Phi) is 17.5. The second-order valence-electron chi connectivity index (χ2n) is 12.8. The molecule has 8 heteroatoms. The van der Waals surface area contributed by atoms with E-state index in [1.807, 2.05) is 60.7 Å². The molecular formula is C40H54F3NO4. The first-order valence-electron chi connectivity index (χ1n) is 17.9. The zero-order valence-corrected chi connectivity index (χ0v) is 28.8. The molecule has 0 amide bonds. The number of nitrogens with zero attached hydrogens (tertiary/aromatic N) is 1. The van der Waals surface area contributed by atoms with Crippen LogP contribution in [0.4, 0.5) is 13.2 Å². The van der Waals surface area contributed by atoms with Crippen molar-refractivity contribution in [2.45, 2.75) is 128 Å². The Morgan fingerprint density at radius 2 is 1.46 bits per heavy atom. The van der Waals surface area contributed by atoms with Gasteiger partial charge in [0, 0.05) is 18.6 Å². The van der Waals surface area contributed by atoms with E-state index in [0.29, 0.717) is 31.6 Å². The third-order valence-corrected chi connectivity index (χ3v) is 8.87. The maximum Gasteiger partial charge on any atom is 0.414 e. The van der Waals surface area contributed by atoms with Gasteiger partial charge in [-0.2, -0.15) is 13.2 Å². The van der Waals surface area contributed by atoms with Crippen LogP contribution in [0.2, 0.25) is 0 Å². The van der Waals surface area contributed by atoms with Crippen LogP contribution < -0.4 is 4.74 Å². The second-order valence-corrected chi connectivity index (χ2v) is 12.8. The summed E-state index contributed by atoms with van der Waals surface area (Å²) < 4.78 is 50.3. The largest absolute Gasteiger partial charge is 0.492 e. The van der Waals surface area contributed by atoms with Gasteiger partial charge in [0.25, 0.3) is 0 Å². The molecule has 0 saturated heterocycles. The highest BCUT2D eigenvalue weighted by molar-refractivity contribution is 5.82. The van der Waals surface area contributed by atoms with Crippen LogP contribution in [-0.4, -0.2) is 41.6 Å². The number of aromatic nitrogens is 1. The van der Waals surface area contributed by atoms with Gasteiger partial charge >= 0.3 is 12.1 Å². The van der Waals surface area contributed by atoms with Crippen LogP contribution in [-0.2, 0) is 9.53 Å². The molecule has 264 valence electrons. The Balaban J connectivity index is 1.66. The fourth-order valence-electron chi connectivity index (χ4n) is 5.94. The molecule has 0 radical (unpaired) electrons. The fourth-order valence-corrected chi connectivity index (χ4v) is 5.94. The van der Waals surface area contributed by atoms with E-state index in [9.17, 15) is 23.1 Å². The molecule has 0 aliphatic heterocycles. The molecule has 0 aliphatic rings. The first-order valence-corrected chi connectivity index (χ1v) is 17.9. The van der Waals surface area contributed by atoms with Gasteiger partial charge in [-0.25, -0.2) is 0 Å². The highest BCUT2D eigenvalue weighted by Gasteiger charge is 2.36. The van der Waals surface area contributed by atoms with Crippen molar-refractivity contribution >= 4 is 5.97 Å². The molecule has 0 bridgehead atoms. The number of benzene rings is 2. The molecule has 2 unspecified atom stereocenters. The number of ether oxygens (including phenoxy) is 2. The van der Waals surface area contributed by atoms with Crippen LogP contribution in [0.3, 0.4) is 0 Å². The predicted molar refractivity (Wildman–Crippen MR) is 187 cm³/mol. The van der Waals surface area contributed by atoms with Gasteiger partial charge < -0.3 is 14.6 Å². The van der Waals surface area contributed by atoms with E-state index in [0.717, 1.165) is 47.7 Å². The third kappa shape index (κ3) is 14.4. The molecule has 1 N–H and O–H groups in total. The Morgan fingerprint density at radius 1 is 0.792 bits per heavy atom. The lowest BCUT2D eigenvalue weighted by atomic mass is 9.86. The number of carboxylic acids is 1. The van der Waals surface area contributed by atoms with Crippen molar-refractivity contribution in [2.75, 3.05) is 13.2 Å². The van der Waals surface area contributed by atoms with E-state index in [1.165, 1.54) is 57.8 Å². The van der Waals surface area contributed by atoms with Crippen molar-refractivity contribution < 1.29 is 32.5 Å². The van der Waals surface area contributed by atoms with Gasteiger partial charge in [0.15, 0.2) is 6.10 Å². The number of halogens is 3. The topological polar surface area (TPSA) is 68.7 Å². The number of hydrogen-bond donors (Lipinski definition) is 1. The highest BCUT2D eigenvalue weighted by atomic mass is 19.4. The molecule has 1 aromatic heterocycles. The van der Waals surface area contributed by atoms with Gasteiger partial charge in [-0.15, -0.1) is 0 Å². The number of carboxylic acid groups (broad SMARTS) is 1. The number of aliphatic carboxylic acids is 1. The van der Waals surface area contributed by atoms with Crippen LogP contribution >= 0.6 is 0 Å². The normalized spacial score (nSPS) is 12.9. The van der Waals surface area contributed by atoms with Gasteiger partial charge in [0.05, 0.1) is 18.5 Å². The van der Waals surface area contributed by atoms with Gasteiger partial charge in [0.2, 0.25) is 0 Å². The maximum atomic E-state index is 13.0. The van der Waals surface area contributed by atoms with E-state index in [1.54, 1.807) is 6.20 Å². The first-order chi connectivity index (χ1) is 23.2. The summed E-state index contributed by atoms with van der Waals surface area (Å²) >= 11 is 0. The Labute approximate surface area is 285 Å². The summed E-state index contributed by atoms with van der Waals surface area (Å²) in [4.78, 5) is 16.0. The zero-order chi connectivity index (χ0) is 34.6. The number of unbranched alkanes of at least 4 members (excludes halogenated alkanes) is 10. The van der Waals surface area contributed by atoms with Crippen LogP contribution in [0.15, 0.2) is 66.9 Å². The summed E-state index contributed by atoms with van der Waals surface area (Å²) in [6.45, 7) is 3.82. The number of rotatable bonds is 24. The quantitative estimate of drug-likeness (QED) is 0.0961. The molecule has 0 saturated carbocycles. The summed E-state index contributed by atoms with van der Waals surface area (Å²) in [6, 6.07) is 19.9. The Hall–Kier alpha value is -3.39. The van der Waals surface area contributed by atoms with Gasteiger partial charge in [0.1, 0.15) is 5.75 Å². The molecule has 0 spiro atoms. The van der Waals surface area contributed by atoms with Crippen LogP contribution in [0.5, 0.6) is 5.75 Å². The first kappa shape index (κ1) is 39.1. The van der Waals surface area contributed by atoms with Crippen molar-refractivity contribution in [3.63, 3.8) is 0 Å². The number of carbonyl (C=O) groups is 1. The predicted octanol–water partition coefficient (Wildman–Crippen LogP) is 11.8. The number of hydrogen-bond acceptors (Lipinski definition) is 4. The van der Waals surface area contributed by atoms with Gasteiger partial charge in [-0.1, -0.05) is 114 Å². The third-order valence-electron chi connectivity index (χ3n) is 8.87. The van der Waals surface area contributed by atoms with Crippen molar-refractivity contribution in [1.82, 2.24) is 4.98 Å². The lowest BCUT2D eigenvalue weighted by molar-refractivity contribution is -0.214. The van der Waals surface area contributed by atoms with E-state index in [-0.39, 0.29) is 18.9 Å². The lowest BCUT2D eigenvalue weighted by Gasteiger charge is -2.22. The van der Waals surface area contributed by atoms with Crippen molar-refractivity contribution in [3.8, 4) is 28.1 Å². The average Bonchev–Trinajstić information content (AvgIpc) is 3.08. The van der Waals surface area contributed by atoms with E-state index in [4.69, 9.17) is 14.5 Å². The highest BCUT2D eigenvalue weighted by Crippen LogP contribution is 2.37. The van der Waals surface area contributed by atoms with Crippen LogP contribution in [0.25, 0.3) is 22.4 Å². The van der Waals surface area contributed by atoms with Gasteiger partial charge in [-0.05, 0) is 73.4 Å². The Morgan fingerprint density at radius 3 is 2.06 bits per heavy atom. The maximum absolute atomic E-state index is 13.0. The van der Waals surface area contributed by atoms with Gasteiger partial charge in [-0.3, -0.25) is 9.78 Å². The fraction of sp³-hybridized carbons (Fsp3) is 0.550. The molecule has 0 fully saturated rings. The average molecular weight is 670 g/mol. The zero-order valence-electron chi connectivity index (χ0n) is 28.8. The molecule has 2 aromatic carbocycles. The summed E-state index contributed by atoms with van der Waals surface area (Å²) in [7, 11) is 0. The van der Waals surface area contributed by atoms with Crippen molar-refractivity contribution in [3.05, 3.63) is 72.4 Å². The van der Waals surface area contributed by atoms with Crippen molar-refractivity contribution in [1.29, 1.82) is 0 Å². The summed E-state index contributed by atoms with van der Waals surface area (Å²) in [6.07, 6.45) is 10.8. The van der Waals surface area contributed by atoms with Crippen LogP contribution in [0, 0.1) is 0 Å². The summed E-state index contributed by atoms with van der Waals surface area (Å²) in [5.74, 6) is -0.363. The minimum Gasteiger partial charge on any atom is -0.492 e. The van der Waals surface area contributed by atoms with E-state index >= 15 is 0 Å². The summed E-state index contributed by atoms with van der Waals surface area (Å²) in [5.41, 5.74) is 4.56. The molecule has 2 atom stereocenters. The number of alkyl halides is 3.